The third-order valence-electron chi connectivity index (χ3n) is 6.43. The molecule has 0 aliphatic rings. The lowest BCUT2D eigenvalue weighted by Gasteiger charge is -2.12. The van der Waals surface area contributed by atoms with Crippen molar-refractivity contribution >= 4 is 28.5 Å². The average Bonchev–Trinajstić information content (AvgIpc) is 3.50. The topological polar surface area (TPSA) is 97.1 Å². The van der Waals surface area contributed by atoms with E-state index in [1.807, 2.05) is 67.3 Å². The molecular formula is C29H29N7O2. The highest BCUT2D eigenvalue weighted by Crippen LogP contribution is 2.28. The molecule has 0 radical (unpaired) electrons. The highest BCUT2D eigenvalue weighted by atomic mass is 16.2. The number of carbonyl (C=O) groups is 2. The van der Waals surface area contributed by atoms with Gasteiger partial charge in [-0.15, -0.1) is 0 Å². The maximum atomic E-state index is 13.1. The monoisotopic (exact) mass is 507 g/mol. The number of fused-ring (bicyclic) bond motifs is 1. The predicted molar refractivity (Wildman–Crippen MR) is 149 cm³/mol. The molecule has 0 saturated heterocycles. The highest BCUT2D eigenvalue weighted by Gasteiger charge is 2.17. The van der Waals surface area contributed by atoms with Gasteiger partial charge < -0.3 is 20.1 Å². The van der Waals surface area contributed by atoms with Gasteiger partial charge in [0.1, 0.15) is 5.82 Å². The van der Waals surface area contributed by atoms with E-state index < -0.39 is 0 Å². The molecule has 0 saturated carbocycles. The Balaban J connectivity index is 1.32. The van der Waals surface area contributed by atoms with Gasteiger partial charge in [-0.3, -0.25) is 9.48 Å². The van der Waals surface area contributed by atoms with Crippen LogP contribution in [0.5, 0.6) is 0 Å². The molecular weight excluding hydrogens is 478 g/mol. The van der Waals surface area contributed by atoms with E-state index in [4.69, 9.17) is 0 Å². The Kier molecular flexibility index (Phi) is 6.66. The van der Waals surface area contributed by atoms with E-state index in [2.05, 4.69) is 45.0 Å². The first-order chi connectivity index (χ1) is 18.3. The normalized spacial score (nSPS) is 10.9. The van der Waals surface area contributed by atoms with Crippen molar-refractivity contribution in [2.24, 2.45) is 14.1 Å². The molecule has 2 heterocycles. The van der Waals surface area contributed by atoms with Crippen LogP contribution in [0.2, 0.25) is 0 Å². The molecule has 2 N–H and O–H groups in total. The quantitative estimate of drug-likeness (QED) is 0.349. The van der Waals surface area contributed by atoms with Gasteiger partial charge in [0.15, 0.2) is 5.69 Å². The van der Waals surface area contributed by atoms with E-state index in [0.29, 0.717) is 17.9 Å². The van der Waals surface area contributed by atoms with Crippen molar-refractivity contribution in [2.45, 2.75) is 6.54 Å². The van der Waals surface area contributed by atoms with Crippen LogP contribution in [0.4, 0.5) is 10.5 Å². The molecule has 3 aromatic carbocycles. The van der Waals surface area contributed by atoms with Crippen molar-refractivity contribution in [3.05, 3.63) is 90.4 Å². The van der Waals surface area contributed by atoms with Crippen LogP contribution >= 0.6 is 0 Å². The van der Waals surface area contributed by atoms with Gasteiger partial charge in [0.2, 0.25) is 0 Å². The minimum atomic E-state index is -0.247. The third-order valence-corrected chi connectivity index (χ3v) is 6.43. The summed E-state index contributed by atoms with van der Waals surface area (Å²) in [4.78, 5) is 30.8. The number of anilines is 1. The van der Waals surface area contributed by atoms with Crippen molar-refractivity contribution in [3.8, 4) is 22.5 Å². The van der Waals surface area contributed by atoms with E-state index in [9.17, 15) is 9.59 Å². The number of amides is 3. The first-order valence-corrected chi connectivity index (χ1v) is 12.2. The summed E-state index contributed by atoms with van der Waals surface area (Å²) >= 11 is 0. The summed E-state index contributed by atoms with van der Waals surface area (Å²) in [6, 6.07) is 21.4. The number of nitrogens with zero attached hydrogens (tertiary/aromatic N) is 5. The summed E-state index contributed by atoms with van der Waals surface area (Å²) in [5.41, 5.74) is 5.94. The number of carbonyl (C=O) groups excluding carboxylic acids is 2. The Morgan fingerprint density at radius 3 is 2.24 bits per heavy atom. The highest BCUT2D eigenvalue weighted by molar-refractivity contribution is 6.06. The van der Waals surface area contributed by atoms with Crippen LogP contribution in [0, 0.1) is 0 Å². The zero-order valence-corrected chi connectivity index (χ0v) is 21.8. The van der Waals surface area contributed by atoms with Crippen molar-refractivity contribution in [3.63, 3.8) is 0 Å². The Morgan fingerprint density at radius 1 is 0.895 bits per heavy atom. The van der Waals surface area contributed by atoms with Crippen LogP contribution in [0.25, 0.3) is 33.4 Å². The molecule has 0 unspecified atom stereocenters. The van der Waals surface area contributed by atoms with Crippen molar-refractivity contribution < 1.29 is 9.59 Å². The zero-order chi connectivity index (χ0) is 26.8. The van der Waals surface area contributed by atoms with Gasteiger partial charge in [-0.05, 0) is 41.0 Å². The Bertz CT molecular complexity index is 1610. The fourth-order valence-electron chi connectivity index (χ4n) is 4.28. The summed E-state index contributed by atoms with van der Waals surface area (Å²) in [6.45, 7) is 0.340. The van der Waals surface area contributed by atoms with Crippen molar-refractivity contribution in [1.82, 2.24) is 29.5 Å². The molecule has 192 valence electrons. The van der Waals surface area contributed by atoms with Gasteiger partial charge in [0.05, 0.1) is 5.52 Å². The lowest BCUT2D eigenvalue weighted by Crippen LogP contribution is -2.27. The summed E-state index contributed by atoms with van der Waals surface area (Å²) in [5, 5.41) is 11.1. The van der Waals surface area contributed by atoms with Crippen molar-refractivity contribution in [1.29, 1.82) is 0 Å². The third kappa shape index (κ3) is 4.99. The molecule has 0 spiro atoms. The van der Waals surface area contributed by atoms with Gasteiger partial charge in [0, 0.05) is 63.8 Å². The fraction of sp³-hybridized carbons (Fsp3) is 0.172. The first kappa shape index (κ1) is 24.8. The first-order valence-electron chi connectivity index (χ1n) is 12.2. The maximum Gasteiger partial charge on any atom is 0.321 e. The van der Waals surface area contributed by atoms with Gasteiger partial charge >= 0.3 is 6.03 Å². The molecule has 5 aromatic rings. The van der Waals surface area contributed by atoms with E-state index in [-0.39, 0.29) is 11.9 Å². The number of hydrogen-bond acceptors (Lipinski definition) is 4. The molecule has 0 atom stereocenters. The summed E-state index contributed by atoms with van der Waals surface area (Å²) < 4.78 is 3.71. The summed E-state index contributed by atoms with van der Waals surface area (Å²) in [7, 11) is 7.17. The van der Waals surface area contributed by atoms with E-state index in [0.717, 1.165) is 39.0 Å². The van der Waals surface area contributed by atoms with Crippen LogP contribution in [0.3, 0.4) is 0 Å². The van der Waals surface area contributed by atoms with Crippen LogP contribution < -0.4 is 10.6 Å². The van der Waals surface area contributed by atoms with E-state index in [1.165, 1.54) is 4.90 Å². The fourth-order valence-corrected chi connectivity index (χ4v) is 4.28. The summed E-state index contributed by atoms with van der Waals surface area (Å²) in [6.07, 6.45) is 3.71. The number of imidazole rings is 1. The van der Waals surface area contributed by atoms with Gasteiger partial charge in [-0.1, -0.05) is 42.5 Å². The largest absolute Gasteiger partial charge is 0.347 e. The number of aryl methyl sites for hydroxylation is 2. The molecule has 0 bridgehead atoms. The standard InChI is InChI=1S/C29H29N7O2/c1-34(2)29(38)32-23-12-5-19(6-13-23)18-31-28(37)26-24-17-22(11-14-25(24)36(4)33-26)20-7-9-21(10-8-20)27-30-15-16-35(27)3/h5-17H,18H2,1-4H3,(H,31,37)(H,32,38). The molecule has 9 heteroatoms. The molecule has 0 aliphatic carbocycles. The number of rotatable bonds is 6. The molecule has 0 aliphatic heterocycles. The number of aromatic nitrogens is 4. The summed E-state index contributed by atoms with van der Waals surface area (Å²) in [5.74, 6) is 0.661. The maximum absolute atomic E-state index is 13.1. The predicted octanol–water partition coefficient (Wildman–Crippen LogP) is 4.66. The second-order valence-corrected chi connectivity index (χ2v) is 9.35. The molecule has 3 amide bonds. The minimum absolute atomic E-state index is 0.198. The zero-order valence-electron chi connectivity index (χ0n) is 21.8. The Morgan fingerprint density at radius 2 is 1.58 bits per heavy atom. The number of hydrogen-bond donors (Lipinski definition) is 2. The second-order valence-electron chi connectivity index (χ2n) is 9.35. The van der Waals surface area contributed by atoms with Crippen LogP contribution in [0.1, 0.15) is 16.1 Å². The van der Waals surface area contributed by atoms with Crippen LogP contribution in [-0.4, -0.2) is 50.3 Å². The number of benzene rings is 3. The van der Waals surface area contributed by atoms with Crippen molar-refractivity contribution in [2.75, 3.05) is 19.4 Å². The van der Waals surface area contributed by atoms with Gasteiger partial charge in [-0.2, -0.15) is 5.10 Å². The lowest BCUT2D eigenvalue weighted by molar-refractivity contribution is 0.0946. The Labute approximate surface area is 220 Å². The number of nitrogens with one attached hydrogen (secondary N) is 2. The Hall–Kier alpha value is -4.92. The molecule has 2 aromatic heterocycles. The number of urea groups is 1. The van der Waals surface area contributed by atoms with E-state index >= 15 is 0 Å². The minimum Gasteiger partial charge on any atom is -0.347 e. The average molecular weight is 508 g/mol. The van der Waals surface area contributed by atoms with Crippen LogP contribution in [-0.2, 0) is 20.6 Å². The smallest absolute Gasteiger partial charge is 0.321 e. The SMILES string of the molecule is CN(C)C(=O)Nc1ccc(CNC(=O)c2nn(C)c3ccc(-c4ccc(-c5nccn5C)cc4)cc23)cc1. The molecule has 38 heavy (non-hydrogen) atoms. The van der Waals surface area contributed by atoms with Crippen LogP contribution in [0.15, 0.2) is 79.1 Å². The molecule has 5 rings (SSSR count). The lowest BCUT2D eigenvalue weighted by atomic mass is 10.0. The molecule has 9 nitrogen and oxygen atoms in total. The van der Waals surface area contributed by atoms with Gasteiger partial charge in [-0.25, -0.2) is 9.78 Å². The second kappa shape index (κ2) is 10.2. The van der Waals surface area contributed by atoms with E-state index in [1.54, 1.807) is 25.0 Å². The van der Waals surface area contributed by atoms with Gasteiger partial charge in [0.25, 0.3) is 5.91 Å². The molecule has 0 fully saturated rings.